The SMILES string of the molecule is CN1C(=O)C2CC(CN2Cc2ccc(Cl)cc2)Oc2ccccc21. The summed E-state index contributed by atoms with van der Waals surface area (Å²) in [5.41, 5.74) is 1.99. The van der Waals surface area contributed by atoms with Gasteiger partial charge in [-0.1, -0.05) is 35.9 Å². The number of carbonyl (C=O) groups excluding carboxylic acids is 1. The molecule has 5 heteroatoms. The Hall–Kier alpha value is -2.04. The Morgan fingerprint density at radius 2 is 1.92 bits per heavy atom. The van der Waals surface area contributed by atoms with Gasteiger partial charge in [0, 0.05) is 31.6 Å². The summed E-state index contributed by atoms with van der Waals surface area (Å²) in [6, 6.07) is 15.4. The maximum Gasteiger partial charge on any atom is 0.244 e. The third-order valence-corrected chi connectivity index (χ3v) is 5.05. The highest BCUT2D eigenvalue weighted by molar-refractivity contribution is 6.30. The Labute approximate surface area is 146 Å². The van der Waals surface area contributed by atoms with Crippen molar-refractivity contribution in [1.82, 2.24) is 4.90 Å². The molecule has 2 atom stereocenters. The van der Waals surface area contributed by atoms with Gasteiger partial charge < -0.3 is 9.64 Å². The molecule has 2 bridgehead atoms. The van der Waals surface area contributed by atoms with Gasteiger partial charge >= 0.3 is 0 Å². The number of likely N-dealkylation sites (tertiary alicyclic amines) is 1. The standard InChI is InChI=1S/C19H19ClN2O2/c1-21-16-4-2-3-5-18(16)24-15-10-17(19(21)23)22(12-15)11-13-6-8-14(20)9-7-13/h2-9,15,17H,10-12H2,1H3. The van der Waals surface area contributed by atoms with E-state index in [1.807, 2.05) is 55.6 Å². The van der Waals surface area contributed by atoms with E-state index in [1.54, 1.807) is 4.90 Å². The number of rotatable bonds is 2. The van der Waals surface area contributed by atoms with Gasteiger partial charge in [-0.2, -0.15) is 0 Å². The van der Waals surface area contributed by atoms with Crippen LogP contribution in [0.5, 0.6) is 5.75 Å². The van der Waals surface area contributed by atoms with E-state index in [0.717, 1.165) is 41.5 Å². The Bertz CT molecular complexity index is 762. The number of anilines is 1. The highest BCUT2D eigenvalue weighted by Crippen LogP contribution is 2.35. The zero-order valence-corrected chi connectivity index (χ0v) is 14.2. The summed E-state index contributed by atoms with van der Waals surface area (Å²) in [4.78, 5) is 16.9. The molecule has 2 unspecified atom stereocenters. The Balaban J connectivity index is 1.61. The molecule has 2 aliphatic rings. The van der Waals surface area contributed by atoms with Crippen molar-refractivity contribution < 1.29 is 9.53 Å². The normalized spacial score (nSPS) is 23.4. The third kappa shape index (κ3) is 2.76. The molecule has 24 heavy (non-hydrogen) atoms. The molecule has 1 fully saturated rings. The molecule has 0 N–H and O–H groups in total. The van der Waals surface area contributed by atoms with Crippen LogP contribution in [0, 0.1) is 0 Å². The fourth-order valence-corrected chi connectivity index (χ4v) is 3.68. The number of likely N-dealkylation sites (N-methyl/N-ethyl adjacent to an activating group) is 1. The minimum Gasteiger partial charge on any atom is -0.487 e. The van der Waals surface area contributed by atoms with E-state index in [2.05, 4.69) is 4.90 Å². The summed E-state index contributed by atoms with van der Waals surface area (Å²) < 4.78 is 6.18. The van der Waals surface area contributed by atoms with Crippen molar-refractivity contribution in [2.45, 2.75) is 25.1 Å². The third-order valence-electron chi connectivity index (χ3n) is 4.80. The van der Waals surface area contributed by atoms with Crippen LogP contribution >= 0.6 is 11.6 Å². The molecule has 1 saturated heterocycles. The van der Waals surface area contributed by atoms with Gasteiger partial charge in [-0.05, 0) is 29.8 Å². The van der Waals surface area contributed by atoms with E-state index < -0.39 is 0 Å². The highest BCUT2D eigenvalue weighted by atomic mass is 35.5. The van der Waals surface area contributed by atoms with Gasteiger partial charge in [0.2, 0.25) is 5.91 Å². The van der Waals surface area contributed by atoms with Crippen LogP contribution in [0.25, 0.3) is 0 Å². The molecule has 0 spiro atoms. The smallest absolute Gasteiger partial charge is 0.244 e. The Morgan fingerprint density at radius 1 is 1.17 bits per heavy atom. The second kappa shape index (κ2) is 6.11. The van der Waals surface area contributed by atoms with Crippen molar-refractivity contribution in [2.75, 3.05) is 18.5 Å². The molecule has 0 aliphatic carbocycles. The van der Waals surface area contributed by atoms with E-state index in [9.17, 15) is 4.79 Å². The summed E-state index contributed by atoms with van der Waals surface area (Å²) in [6.07, 6.45) is 0.770. The van der Waals surface area contributed by atoms with Crippen LogP contribution in [0.3, 0.4) is 0 Å². The van der Waals surface area contributed by atoms with E-state index in [1.165, 1.54) is 0 Å². The zero-order valence-electron chi connectivity index (χ0n) is 13.5. The first-order valence-electron chi connectivity index (χ1n) is 8.13. The van der Waals surface area contributed by atoms with Gasteiger partial charge in [-0.25, -0.2) is 0 Å². The average molecular weight is 343 g/mol. The maximum atomic E-state index is 13.0. The predicted molar refractivity (Wildman–Crippen MR) is 94.5 cm³/mol. The first-order valence-corrected chi connectivity index (χ1v) is 8.51. The first kappa shape index (κ1) is 15.5. The number of para-hydroxylation sites is 2. The molecule has 1 amide bonds. The molecule has 4 rings (SSSR count). The fourth-order valence-electron chi connectivity index (χ4n) is 3.56. The van der Waals surface area contributed by atoms with Crippen LogP contribution in [0.2, 0.25) is 5.02 Å². The van der Waals surface area contributed by atoms with Crippen molar-refractivity contribution in [3.05, 3.63) is 59.1 Å². The second-order valence-electron chi connectivity index (χ2n) is 6.41. The minimum absolute atomic E-state index is 0.0427. The van der Waals surface area contributed by atoms with E-state index in [0.29, 0.717) is 0 Å². The summed E-state index contributed by atoms with van der Waals surface area (Å²) in [7, 11) is 1.82. The fraction of sp³-hybridized carbons (Fsp3) is 0.316. The summed E-state index contributed by atoms with van der Waals surface area (Å²) in [5.74, 6) is 0.910. The molecule has 2 aliphatic heterocycles. The monoisotopic (exact) mass is 342 g/mol. The lowest BCUT2D eigenvalue weighted by Gasteiger charge is -2.29. The number of halogens is 1. The van der Waals surface area contributed by atoms with Gasteiger partial charge in [-0.3, -0.25) is 9.69 Å². The molecule has 2 aromatic rings. The zero-order chi connectivity index (χ0) is 16.7. The van der Waals surface area contributed by atoms with Gasteiger partial charge in [0.1, 0.15) is 11.9 Å². The quantitative estimate of drug-likeness (QED) is 0.839. The van der Waals surface area contributed by atoms with E-state index in [4.69, 9.17) is 16.3 Å². The van der Waals surface area contributed by atoms with E-state index in [-0.39, 0.29) is 18.1 Å². The molecule has 0 aromatic heterocycles. The van der Waals surface area contributed by atoms with Crippen LogP contribution in [0.15, 0.2) is 48.5 Å². The van der Waals surface area contributed by atoms with E-state index >= 15 is 0 Å². The topological polar surface area (TPSA) is 32.8 Å². The van der Waals surface area contributed by atoms with Crippen LogP contribution in [-0.4, -0.2) is 36.5 Å². The predicted octanol–water partition coefficient (Wildman–Crippen LogP) is 3.34. The summed E-state index contributed by atoms with van der Waals surface area (Å²) in [6.45, 7) is 1.47. The van der Waals surface area contributed by atoms with Crippen molar-refractivity contribution in [3.63, 3.8) is 0 Å². The minimum atomic E-state index is -0.149. The Morgan fingerprint density at radius 3 is 2.71 bits per heavy atom. The molecule has 4 nitrogen and oxygen atoms in total. The van der Waals surface area contributed by atoms with Crippen molar-refractivity contribution in [2.24, 2.45) is 0 Å². The van der Waals surface area contributed by atoms with Crippen LogP contribution < -0.4 is 9.64 Å². The lowest BCUT2D eigenvalue weighted by Crippen LogP contribution is -2.44. The lowest BCUT2D eigenvalue weighted by atomic mass is 10.1. The molecule has 0 radical (unpaired) electrons. The second-order valence-corrected chi connectivity index (χ2v) is 6.85. The van der Waals surface area contributed by atoms with Gasteiger partial charge in [0.15, 0.2) is 0 Å². The molecule has 0 saturated carbocycles. The van der Waals surface area contributed by atoms with Crippen molar-refractivity contribution in [1.29, 1.82) is 0 Å². The molecule has 2 aromatic carbocycles. The number of nitrogens with zero attached hydrogens (tertiary/aromatic N) is 2. The highest BCUT2D eigenvalue weighted by Gasteiger charge is 2.41. The number of fused-ring (bicyclic) bond motifs is 3. The maximum absolute atomic E-state index is 13.0. The molecular formula is C19H19ClN2O2. The summed E-state index contributed by atoms with van der Waals surface area (Å²) >= 11 is 5.96. The average Bonchev–Trinajstić information content (AvgIpc) is 2.98. The number of ether oxygens (including phenoxy) is 1. The van der Waals surface area contributed by atoms with Gasteiger partial charge in [0.05, 0.1) is 11.7 Å². The number of hydrogen-bond donors (Lipinski definition) is 0. The molecule has 124 valence electrons. The molecule has 2 heterocycles. The lowest BCUT2D eigenvalue weighted by molar-refractivity contribution is -0.122. The Kier molecular flexibility index (Phi) is 3.94. The number of amides is 1. The van der Waals surface area contributed by atoms with Crippen molar-refractivity contribution in [3.8, 4) is 5.75 Å². The molecular weight excluding hydrogens is 324 g/mol. The summed E-state index contributed by atoms with van der Waals surface area (Å²) in [5, 5.41) is 0.724. The van der Waals surface area contributed by atoms with Crippen molar-refractivity contribution >= 4 is 23.2 Å². The first-order chi connectivity index (χ1) is 11.6. The number of carbonyl (C=O) groups is 1. The van der Waals surface area contributed by atoms with Crippen LogP contribution in [-0.2, 0) is 11.3 Å². The van der Waals surface area contributed by atoms with Crippen LogP contribution in [0.4, 0.5) is 5.69 Å². The number of hydrogen-bond acceptors (Lipinski definition) is 3. The van der Waals surface area contributed by atoms with Gasteiger partial charge in [-0.15, -0.1) is 0 Å². The van der Waals surface area contributed by atoms with Crippen LogP contribution in [0.1, 0.15) is 12.0 Å². The van der Waals surface area contributed by atoms with Gasteiger partial charge in [0.25, 0.3) is 0 Å². The largest absolute Gasteiger partial charge is 0.487 e. The number of benzene rings is 2.